The number of hydrogen-bond acceptors (Lipinski definition) is 3. The molecule has 0 bridgehead atoms. The smallest absolute Gasteiger partial charge is 0.235 e. The molecule has 2 atom stereocenters. The second-order valence-electron chi connectivity index (χ2n) is 5.38. The molecule has 4 heteroatoms. The Labute approximate surface area is 112 Å². The Balaban J connectivity index is 4.52. The molecule has 0 aliphatic carbocycles. The van der Waals surface area contributed by atoms with Crippen LogP contribution < -0.4 is 11.1 Å². The van der Waals surface area contributed by atoms with Crippen molar-refractivity contribution in [3.05, 3.63) is 0 Å². The molecule has 0 aromatic rings. The molecular formula is C14H31N3O. The van der Waals surface area contributed by atoms with E-state index < -0.39 is 0 Å². The normalized spacial score (nSPS) is 15.1. The molecule has 0 heterocycles. The summed E-state index contributed by atoms with van der Waals surface area (Å²) >= 11 is 0. The molecule has 0 rings (SSSR count). The van der Waals surface area contributed by atoms with Crippen LogP contribution in [-0.2, 0) is 4.79 Å². The fourth-order valence-electron chi connectivity index (χ4n) is 1.97. The van der Waals surface area contributed by atoms with E-state index in [0.29, 0.717) is 12.6 Å². The Morgan fingerprint density at radius 2 is 1.89 bits per heavy atom. The van der Waals surface area contributed by atoms with Crippen molar-refractivity contribution in [2.75, 3.05) is 13.1 Å². The van der Waals surface area contributed by atoms with Crippen LogP contribution in [0.1, 0.15) is 53.9 Å². The van der Waals surface area contributed by atoms with E-state index >= 15 is 0 Å². The Morgan fingerprint density at radius 3 is 2.28 bits per heavy atom. The summed E-state index contributed by atoms with van der Waals surface area (Å²) in [5.41, 5.74) is 5.48. The van der Waals surface area contributed by atoms with Gasteiger partial charge in [-0.05, 0) is 26.3 Å². The van der Waals surface area contributed by atoms with E-state index in [0.717, 1.165) is 19.4 Å². The first-order chi connectivity index (χ1) is 8.42. The second kappa shape index (κ2) is 9.34. The average Bonchev–Trinajstić information content (AvgIpc) is 2.31. The molecule has 0 aliphatic heterocycles. The van der Waals surface area contributed by atoms with Crippen molar-refractivity contribution in [2.45, 2.75) is 72.0 Å². The number of nitrogens with one attached hydrogen (secondary N) is 1. The highest BCUT2D eigenvalue weighted by Crippen LogP contribution is 2.07. The molecule has 18 heavy (non-hydrogen) atoms. The van der Waals surface area contributed by atoms with Gasteiger partial charge in [0.2, 0.25) is 5.91 Å². The monoisotopic (exact) mass is 257 g/mol. The lowest BCUT2D eigenvalue weighted by atomic mass is 10.1. The van der Waals surface area contributed by atoms with E-state index in [1.54, 1.807) is 0 Å². The molecular weight excluding hydrogens is 226 g/mol. The number of carbonyl (C=O) groups excluding carboxylic acids is 1. The zero-order valence-electron chi connectivity index (χ0n) is 12.7. The Hall–Kier alpha value is -0.610. The summed E-state index contributed by atoms with van der Waals surface area (Å²) in [5.74, 6) is -0.256. The highest BCUT2D eigenvalue weighted by atomic mass is 16.1. The summed E-state index contributed by atoms with van der Waals surface area (Å²) in [7, 11) is 0. The van der Waals surface area contributed by atoms with Gasteiger partial charge in [-0.2, -0.15) is 0 Å². The Bertz CT molecular complexity index is 231. The van der Waals surface area contributed by atoms with Crippen molar-refractivity contribution in [3.8, 4) is 0 Å². The van der Waals surface area contributed by atoms with Crippen LogP contribution in [0.3, 0.4) is 0 Å². The van der Waals surface area contributed by atoms with Crippen LogP contribution in [-0.4, -0.2) is 42.0 Å². The number of nitrogens with two attached hydrogens (primary N) is 1. The predicted molar refractivity (Wildman–Crippen MR) is 77.5 cm³/mol. The predicted octanol–water partition coefficient (Wildman–Crippen LogP) is 1.74. The van der Waals surface area contributed by atoms with E-state index in [2.05, 4.69) is 31.0 Å². The third-order valence-electron chi connectivity index (χ3n) is 3.31. The van der Waals surface area contributed by atoms with E-state index in [1.807, 2.05) is 13.8 Å². The van der Waals surface area contributed by atoms with Gasteiger partial charge in [0.15, 0.2) is 0 Å². The van der Waals surface area contributed by atoms with Gasteiger partial charge in [-0.25, -0.2) is 0 Å². The molecule has 0 saturated carbocycles. The highest BCUT2D eigenvalue weighted by Gasteiger charge is 2.22. The minimum atomic E-state index is -0.256. The van der Waals surface area contributed by atoms with Crippen molar-refractivity contribution in [1.29, 1.82) is 0 Å². The maximum atomic E-state index is 11.5. The fourth-order valence-corrected chi connectivity index (χ4v) is 1.97. The van der Waals surface area contributed by atoms with Gasteiger partial charge in [0.25, 0.3) is 0 Å². The van der Waals surface area contributed by atoms with Crippen LogP contribution in [0.2, 0.25) is 0 Å². The molecule has 3 N–H and O–H groups in total. The molecule has 0 fully saturated rings. The standard InChI is InChI=1S/C14H31N3O/c1-6-8-9-17(12(5)7-2)10-13(14(15)18)16-11(3)4/h11-13,16H,6-10H2,1-5H3,(H2,15,18). The molecule has 0 radical (unpaired) electrons. The van der Waals surface area contributed by atoms with E-state index in [4.69, 9.17) is 5.73 Å². The highest BCUT2D eigenvalue weighted by molar-refractivity contribution is 5.80. The van der Waals surface area contributed by atoms with Crippen molar-refractivity contribution < 1.29 is 4.79 Å². The lowest BCUT2D eigenvalue weighted by Crippen LogP contribution is -2.53. The van der Waals surface area contributed by atoms with Gasteiger partial charge in [0, 0.05) is 18.6 Å². The third kappa shape index (κ3) is 6.97. The Kier molecular flexibility index (Phi) is 9.02. The topological polar surface area (TPSA) is 58.4 Å². The van der Waals surface area contributed by atoms with E-state index in [-0.39, 0.29) is 18.0 Å². The van der Waals surface area contributed by atoms with E-state index in [1.165, 1.54) is 6.42 Å². The first-order valence-corrected chi connectivity index (χ1v) is 7.21. The number of rotatable bonds is 10. The zero-order chi connectivity index (χ0) is 14.1. The average molecular weight is 257 g/mol. The minimum Gasteiger partial charge on any atom is -0.368 e. The van der Waals surface area contributed by atoms with Gasteiger partial charge >= 0.3 is 0 Å². The maximum absolute atomic E-state index is 11.5. The Morgan fingerprint density at radius 1 is 1.28 bits per heavy atom. The molecule has 108 valence electrons. The lowest BCUT2D eigenvalue weighted by molar-refractivity contribution is -0.120. The van der Waals surface area contributed by atoms with Crippen molar-refractivity contribution in [3.63, 3.8) is 0 Å². The minimum absolute atomic E-state index is 0.254. The van der Waals surface area contributed by atoms with Crippen LogP contribution in [0.4, 0.5) is 0 Å². The van der Waals surface area contributed by atoms with Gasteiger partial charge < -0.3 is 11.1 Å². The van der Waals surface area contributed by atoms with Crippen molar-refractivity contribution in [1.82, 2.24) is 10.2 Å². The van der Waals surface area contributed by atoms with Gasteiger partial charge in [-0.1, -0.05) is 34.1 Å². The zero-order valence-corrected chi connectivity index (χ0v) is 12.7. The van der Waals surface area contributed by atoms with Gasteiger partial charge in [-0.3, -0.25) is 9.69 Å². The number of amides is 1. The van der Waals surface area contributed by atoms with Crippen LogP contribution in [0.5, 0.6) is 0 Å². The largest absolute Gasteiger partial charge is 0.368 e. The first kappa shape index (κ1) is 17.4. The number of carbonyl (C=O) groups is 1. The summed E-state index contributed by atoms with van der Waals surface area (Å²) in [6.07, 6.45) is 3.43. The van der Waals surface area contributed by atoms with Crippen LogP contribution in [0, 0.1) is 0 Å². The van der Waals surface area contributed by atoms with Gasteiger partial charge in [0.1, 0.15) is 0 Å². The molecule has 2 unspecified atom stereocenters. The van der Waals surface area contributed by atoms with Gasteiger partial charge in [-0.15, -0.1) is 0 Å². The number of primary amides is 1. The SMILES string of the molecule is CCCCN(CC(NC(C)C)C(N)=O)C(C)CC. The van der Waals surface area contributed by atoms with Crippen LogP contribution in [0.25, 0.3) is 0 Å². The molecule has 0 saturated heterocycles. The first-order valence-electron chi connectivity index (χ1n) is 7.21. The third-order valence-corrected chi connectivity index (χ3v) is 3.31. The number of nitrogens with zero attached hydrogens (tertiary/aromatic N) is 1. The molecule has 0 aliphatic rings. The lowest BCUT2D eigenvalue weighted by Gasteiger charge is -2.32. The molecule has 0 aromatic carbocycles. The van der Waals surface area contributed by atoms with Crippen molar-refractivity contribution >= 4 is 5.91 Å². The summed E-state index contributed by atoms with van der Waals surface area (Å²) < 4.78 is 0. The fraction of sp³-hybridized carbons (Fsp3) is 0.929. The second-order valence-corrected chi connectivity index (χ2v) is 5.38. The summed E-state index contributed by atoms with van der Waals surface area (Å²) in [5, 5.41) is 3.25. The number of hydrogen-bond donors (Lipinski definition) is 2. The summed E-state index contributed by atoms with van der Waals surface area (Å²) in [6, 6.07) is 0.510. The molecule has 0 aromatic heterocycles. The summed E-state index contributed by atoms with van der Waals surface area (Å²) in [6.45, 7) is 12.4. The van der Waals surface area contributed by atoms with Crippen LogP contribution in [0.15, 0.2) is 0 Å². The van der Waals surface area contributed by atoms with Crippen LogP contribution >= 0.6 is 0 Å². The molecule has 0 spiro atoms. The number of unbranched alkanes of at least 4 members (excludes halogenated alkanes) is 1. The van der Waals surface area contributed by atoms with Gasteiger partial charge in [0.05, 0.1) is 6.04 Å². The maximum Gasteiger partial charge on any atom is 0.235 e. The summed E-state index contributed by atoms with van der Waals surface area (Å²) in [4.78, 5) is 13.9. The molecule has 1 amide bonds. The van der Waals surface area contributed by atoms with Crippen molar-refractivity contribution in [2.24, 2.45) is 5.73 Å². The quantitative estimate of drug-likeness (QED) is 0.627. The molecule has 4 nitrogen and oxygen atoms in total. The van der Waals surface area contributed by atoms with E-state index in [9.17, 15) is 4.79 Å².